The summed E-state index contributed by atoms with van der Waals surface area (Å²) in [5, 5.41) is 13.6. The van der Waals surface area contributed by atoms with Crippen LogP contribution in [-0.4, -0.2) is 55.3 Å². The molecule has 2 amide bonds. The number of hydrogen-bond acceptors (Lipinski definition) is 5. The van der Waals surface area contributed by atoms with Crippen molar-refractivity contribution >= 4 is 44.3 Å². The molecular weight excluding hydrogens is 506 g/mol. The van der Waals surface area contributed by atoms with Gasteiger partial charge in [-0.2, -0.15) is 0 Å². The van der Waals surface area contributed by atoms with Gasteiger partial charge in [0.2, 0.25) is 15.9 Å². The minimum Gasteiger partial charge on any atom is -0.481 e. The molecule has 3 aromatic rings. The molecular formula is C28H31N3O6S. The van der Waals surface area contributed by atoms with Crippen molar-refractivity contribution in [3.8, 4) is 0 Å². The molecule has 0 unspecified atom stereocenters. The number of hydrogen-bond donors (Lipinski definition) is 3. The zero-order valence-electron chi connectivity index (χ0n) is 21.3. The maximum atomic E-state index is 13.5. The Hall–Kier alpha value is -3.76. The molecule has 0 radical (unpaired) electrons. The van der Waals surface area contributed by atoms with E-state index >= 15 is 0 Å². The standard InChI is InChI=1S/C28H31N3O6S/c1-3-8-26(32)31-16-15-24(22(17-31)28(34)35)30-38(36,37)25-14-13-23(20-11-6-7-12-21(20)25)29-27(33)19-10-5-4-9-18(19)2/h4-7,9-14,22,24,30H,3,8,15-17H2,1-2H3,(H,29,33)(H,34,35)/t22-,24+/m1/s1. The first-order chi connectivity index (χ1) is 18.1. The lowest BCUT2D eigenvalue weighted by molar-refractivity contribution is -0.146. The van der Waals surface area contributed by atoms with E-state index in [0.717, 1.165) is 5.56 Å². The van der Waals surface area contributed by atoms with Crippen LogP contribution < -0.4 is 10.0 Å². The largest absolute Gasteiger partial charge is 0.481 e. The molecule has 10 heteroatoms. The topological polar surface area (TPSA) is 133 Å². The average Bonchev–Trinajstić information content (AvgIpc) is 2.89. The summed E-state index contributed by atoms with van der Waals surface area (Å²) in [5.41, 5.74) is 1.78. The monoisotopic (exact) mass is 537 g/mol. The highest BCUT2D eigenvalue weighted by Gasteiger charge is 2.38. The van der Waals surface area contributed by atoms with Crippen LogP contribution in [0.1, 0.15) is 42.1 Å². The number of carbonyl (C=O) groups is 3. The van der Waals surface area contributed by atoms with Gasteiger partial charge in [-0.3, -0.25) is 14.4 Å². The summed E-state index contributed by atoms with van der Waals surface area (Å²) in [6.45, 7) is 3.94. The molecule has 1 heterocycles. The normalized spacial score (nSPS) is 17.8. The summed E-state index contributed by atoms with van der Waals surface area (Å²) in [6.07, 6.45) is 1.16. The molecule has 0 bridgehead atoms. The summed E-state index contributed by atoms with van der Waals surface area (Å²) in [6, 6.07) is 16.1. The minimum absolute atomic E-state index is 0.0179. The fraction of sp³-hybridized carbons (Fsp3) is 0.321. The molecule has 3 aromatic carbocycles. The number of anilines is 1. The van der Waals surface area contributed by atoms with Gasteiger partial charge in [0.15, 0.2) is 0 Å². The van der Waals surface area contributed by atoms with Crippen molar-refractivity contribution in [2.75, 3.05) is 18.4 Å². The van der Waals surface area contributed by atoms with E-state index in [0.29, 0.717) is 34.9 Å². The lowest BCUT2D eigenvalue weighted by Gasteiger charge is -2.36. The van der Waals surface area contributed by atoms with Gasteiger partial charge < -0.3 is 15.3 Å². The molecule has 0 saturated carbocycles. The number of amides is 2. The zero-order valence-corrected chi connectivity index (χ0v) is 22.1. The summed E-state index contributed by atoms with van der Waals surface area (Å²) < 4.78 is 29.6. The van der Waals surface area contributed by atoms with Crippen LogP contribution in [0, 0.1) is 12.8 Å². The van der Waals surface area contributed by atoms with Crippen LogP contribution in [0.2, 0.25) is 0 Å². The van der Waals surface area contributed by atoms with E-state index in [1.165, 1.54) is 17.0 Å². The number of rotatable bonds is 8. The van der Waals surface area contributed by atoms with Crippen molar-refractivity contribution < 1.29 is 27.9 Å². The number of piperidine rings is 1. The van der Waals surface area contributed by atoms with Crippen molar-refractivity contribution in [3.63, 3.8) is 0 Å². The number of likely N-dealkylation sites (tertiary alicyclic amines) is 1. The molecule has 0 aliphatic carbocycles. The van der Waals surface area contributed by atoms with Gasteiger partial charge in [0, 0.05) is 47.6 Å². The predicted molar refractivity (Wildman–Crippen MR) is 144 cm³/mol. The summed E-state index contributed by atoms with van der Waals surface area (Å²) in [4.78, 5) is 38.7. The van der Waals surface area contributed by atoms with E-state index in [-0.39, 0.29) is 36.2 Å². The fourth-order valence-corrected chi connectivity index (χ4v) is 6.36. The molecule has 1 aliphatic rings. The Morgan fingerprint density at radius 1 is 1.00 bits per heavy atom. The van der Waals surface area contributed by atoms with Gasteiger partial charge in [0.1, 0.15) is 0 Å². The van der Waals surface area contributed by atoms with Crippen molar-refractivity contribution in [1.29, 1.82) is 0 Å². The average molecular weight is 538 g/mol. The fourth-order valence-electron chi connectivity index (χ4n) is 4.84. The number of aliphatic carboxylic acids is 1. The van der Waals surface area contributed by atoms with E-state index in [1.54, 1.807) is 36.4 Å². The van der Waals surface area contributed by atoms with E-state index in [2.05, 4.69) is 10.0 Å². The molecule has 1 fully saturated rings. The Morgan fingerprint density at radius 2 is 1.68 bits per heavy atom. The predicted octanol–water partition coefficient (Wildman–Crippen LogP) is 3.78. The second-order valence-corrected chi connectivity index (χ2v) is 11.2. The maximum absolute atomic E-state index is 13.5. The highest BCUT2D eigenvalue weighted by molar-refractivity contribution is 7.89. The maximum Gasteiger partial charge on any atom is 0.309 e. The van der Waals surface area contributed by atoms with E-state index in [9.17, 15) is 27.9 Å². The van der Waals surface area contributed by atoms with Gasteiger partial charge in [0.25, 0.3) is 5.91 Å². The Labute approximate surface area is 221 Å². The number of nitrogens with one attached hydrogen (secondary N) is 2. The van der Waals surface area contributed by atoms with Gasteiger partial charge >= 0.3 is 5.97 Å². The summed E-state index contributed by atoms with van der Waals surface area (Å²) in [5.74, 6) is -2.67. The number of carbonyl (C=O) groups excluding carboxylic acids is 2. The van der Waals surface area contributed by atoms with Gasteiger partial charge in [-0.1, -0.05) is 49.4 Å². The molecule has 0 spiro atoms. The van der Waals surface area contributed by atoms with Gasteiger partial charge in [0.05, 0.1) is 10.8 Å². The van der Waals surface area contributed by atoms with Crippen molar-refractivity contribution in [3.05, 3.63) is 71.8 Å². The van der Waals surface area contributed by atoms with E-state index in [4.69, 9.17) is 0 Å². The number of carboxylic acids is 1. The molecule has 3 N–H and O–H groups in total. The third-order valence-corrected chi connectivity index (χ3v) is 8.41. The molecule has 200 valence electrons. The number of benzene rings is 3. The number of nitrogens with zero attached hydrogens (tertiary/aromatic N) is 1. The second kappa shape index (κ2) is 11.3. The van der Waals surface area contributed by atoms with Gasteiger partial charge in [-0.05, 0) is 43.5 Å². The molecule has 1 saturated heterocycles. The Morgan fingerprint density at radius 3 is 2.37 bits per heavy atom. The molecule has 4 rings (SSSR count). The van der Waals surface area contributed by atoms with Crippen LogP contribution in [0.4, 0.5) is 5.69 Å². The molecule has 0 aromatic heterocycles. The van der Waals surface area contributed by atoms with Crippen LogP contribution in [0.15, 0.2) is 65.6 Å². The van der Waals surface area contributed by atoms with Crippen molar-refractivity contribution in [1.82, 2.24) is 9.62 Å². The second-order valence-electron chi connectivity index (χ2n) is 9.48. The summed E-state index contributed by atoms with van der Waals surface area (Å²) >= 11 is 0. The number of aryl methyl sites for hydroxylation is 1. The molecule has 1 aliphatic heterocycles. The SMILES string of the molecule is CCCC(=O)N1CC[C@H](NS(=O)(=O)c2ccc(NC(=O)c3ccccc3C)c3ccccc23)[C@H](C(=O)O)C1. The highest BCUT2D eigenvalue weighted by atomic mass is 32.2. The third-order valence-electron chi connectivity index (χ3n) is 6.86. The Balaban J connectivity index is 1.61. The van der Waals surface area contributed by atoms with Crippen LogP contribution in [0.25, 0.3) is 10.8 Å². The third kappa shape index (κ3) is 5.71. The van der Waals surface area contributed by atoms with Crippen LogP contribution >= 0.6 is 0 Å². The number of fused-ring (bicyclic) bond motifs is 1. The van der Waals surface area contributed by atoms with Crippen molar-refractivity contribution in [2.24, 2.45) is 5.92 Å². The smallest absolute Gasteiger partial charge is 0.309 e. The zero-order chi connectivity index (χ0) is 27.4. The Bertz CT molecular complexity index is 1490. The van der Waals surface area contributed by atoms with Gasteiger partial charge in [-0.25, -0.2) is 13.1 Å². The highest BCUT2D eigenvalue weighted by Crippen LogP contribution is 2.31. The lowest BCUT2D eigenvalue weighted by atomic mass is 9.93. The summed E-state index contributed by atoms with van der Waals surface area (Å²) in [7, 11) is -4.13. The van der Waals surface area contributed by atoms with Gasteiger partial charge in [-0.15, -0.1) is 0 Å². The molecule has 38 heavy (non-hydrogen) atoms. The van der Waals surface area contributed by atoms with E-state index < -0.39 is 28.0 Å². The molecule has 9 nitrogen and oxygen atoms in total. The first-order valence-corrected chi connectivity index (χ1v) is 14.0. The first kappa shape index (κ1) is 27.3. The van der Waals surface area contributed by atoms with Crippen LogP contribution in [0.5, 0.6) is 0 Å². The van der Waals surface area contributed by atoms with Crippen molar-refractivity contribution in [2.45, 2.75) is 44.0 Å². The lowest BCUT2D eigenvalue weighted by Crippen LogP contribution is -2.54. The van der Waals surface area contributed by atoms with Crippen LogP contribution in [-0.2, 0) is 19.6 Å². The number of sulfonamides is 1. The minimum atomic E-state index is -4.13. The van der Waals surface area contributed by atoms with E-state index in [1.807, 2.05) is 26.0 Å². The number of carboxylic acid groups (broad SMARTS) is 1. The Kier molecular flexibility index (Phi) is 8.13. The quantitative estimate of drug-likeness (QED) is 0.401. The first-order valence-electron chi connectivity index (χ1n) is 12.5. The van der Waals surface area contributed by atoms with Crippen LogP contribution in [0.3, 0.4) is 0 Å². The molecule has 2 atom stereocenters.